The maximum absolute atomic E-state index is 5.79. The maximum Gasteiger partial charge on any atom is 0.228 e. The summed E-state index contributed by atoms with van der Waals surface area (Å²) in [5, 5.41) is 0. The first kappa shape index (κ1) is 13.1. The molecule has 0 aromatic carbocycles. The van der Waals surface area contributed by atoms with E-state index in [0.717, 1.165) is 23.6 Å². The first-order valence-electron chi connectivity index (χ1n) is 7.01. The highest BCUT2D eigenvalue weighted by Crippen LogP contribution is 2.24. The predicted molar refractivity (Wildman–Crippen MR) is 80.2 cm³/mol. The summed E-state index contributed by atoms with van der Waals surface area (Å²) in [6.07, 6.45) is 5.28. The quantitative estimate of drug-likeness (QED) is 0.841. The van der Waals surface area contributed by atoms with Crippen LogP contribution in [-0.2, 0) is 0 Å². The number of nitrogens with two attached hydrogens (primary N) is 1. The van der Waals surface area contributed by atoms with Gasteiger partial charge in [-0.05, 0) is 48.3 Å². The summed E-state index contributed by atoms with van der Waals surface area (Å²) < 4.78 is 0.761. The number of nitrogen functional groups attached to an aromatic ring is 1. The fraction of sp³-hybridized carbons (Fsp3) is 0.692. The van der Waals surface area contributed by atoms with E-state index in [1.165, 1.54) is 38.8 Å². The molecule has 3 heterocycles. The number of hydrogen-bond donors (Lipinski definition) is 1. The van der Waals surface area contributed by atoms with Gasteiger partial charge in [-0.15, -0.1) is 0 Å². The number of nitrogens with zero attached hydrogens (tertiary/aromatic N) is 4. The second-order valence-electron chi connectivity index (χ2n) is 5.40. The molecule has 0 saturated carbocycles. The van der Waals surface area contributed by atoms with Crippen molar-refractivity contribution in [3.05, 3.63) is 10.7 Å². The minimum absolute atomic E-state index is 0.526. The van der Waals surface area contributed by atoms with Gasteiger partial charge >= 0.3 is 0 Å². The Morgan fingerprint density at radius 1 is 1.16 bits per heavy atom. The number of likely N-dealkylation sites (tertiary alicyclic amines) is 1. The first-order chi connectivity index (χ1) is 9.22. The van der Waals surface area contributed by atoms with Gasteiger partial charge in [0.2, 0.25) is 5.95 Å². The fourth-order valence-electron chi connectivity index (χ4n) is 3.07. The molecule has 1 aromatic rings. The van der Waals surface area contributed by atoms with Crippen LogP contribution < -0.4 is 10.6 Å². The summed E-state index contributed by atoms with van der Waals surface area (Å²) in [6, 6.07) is 2.39. The predicted octanol–water partition coefficient (Wildman–Crippen LogP) is 1.89. The van der Waals surface area contributed by atoms with Crippen LogP contribution in [0, 0.1) is 0 Å². The second kappa shape index (κ2) is 5.63. The normalized spacial score (nSPS) is 24.9. The van der Waals surface area contributed by atoms with Gasteiger partial charge in [-0.2, -0.15) is 4.98 Å². The maximum atomic E-state index is 5.79. The average molecular weight is 326 g/mol. The highest BCUT2D eigenvalue weighted by atomic mass is 79.9. The van der Waals surface area contributed by atoms with Crippen molar-refractivity contribution in [2.24, 2.45) is 0 Å². The zero-order valence-electron chi connectivity index (χ0n) is 11.1. The molecule has 1 aromatic heterocycles. The van der Waals surface area contributed by atoms with Gasteiger partial charge < -0.3 is 10.6 Å². The largest absolute Gasteiger partial charge is 0.383 e. The highest BCUT2D eigenvalue weighted by molar-refractivity contribution is 9.10. The van der Waals surface area contributed by atoms with E-state index < -0.39 is 0 Å². The number of anilines is 2. The van der Waals surface area contributed by atoms with Crippen molar-refractivity contribution in [1.29, 1.82) is 0 Å². The van der Waals surface area contributed by atoms with Crippen molar-refractivity contribution < 1.29 is 0 Å². The van der Waals surface area contributed by atoms with Crippen molar-refractivity contribution in [2.45, 2.75) is 31.7 Å². The Bertz CT molecular complexity index is 426. The Balaban J connectivity index is 1.67. The molecular weight excluding hydrogens is 306 g/mol. The van der Waals surface area contributed by atoms with Crippen molar-refractivity contribution in [1.82, 2.24) is 14.9 Å². The lowest BCUT2D eigenvalue weighted by molar-refractivity contribution is 0.174. The van der Waals surface area contributed by atoms with Gasteiger partial charge in [0.05, 0.1) is 0 Å². The molecule has 0 spiro atoms. The lowest BCUT2D eigenvalue weighted by Crippen LogP contribution is -2.41. The van der Waals surface area contributed by atoms with Crippen LogP contribution in [0.5, 0.6) is 0 Å². The molecule has 2 N–H and O–H groups in total. The van der Waals surface area contributed by atoms with Crippen LogP contribution >= 0.6 is 15.9 Å². The van der Waals surface area contributed by atoms with Crippen LogP contribution in [0.1, 0.15) is 25.7 Å². The van der Waals surface area contributed by atoms with Crippen molar-refractivity contribution in [3.63, 3.8) is 0 Å². The van der Waals surface area contributed by atoms with Crippen LogP contribution in [0.25, 0.3) is 0 Å². The van der Waals surface area contributed by atoms with E-state index in [0.29, 0.717) is 11.9 Å². The Hall–Kier alpha value is -0.880. The zero-order chi connectivity index (χ0) is 13.2. The van der Waals surface area contributed by atoms with Crippen molar-refractivity contribution in [3.8, 4) is 0 Å². The van der Waals surface area contributed by atoms with Crippen LogP contribution in [0.4, 0.5) is 11.8 Å². The smallest absolute Gasteiger partial charge is 0.228 e. The molecule has 1 atom stereocenters. The van der Waals surface area contributed by atoms with Crippen LogP contribution in [0.2, 0.25) is 0 Å². The standard InChI is InChI=1S/C13H20BrN5/c14-11-8-12(15)17-13(16-11)19-7-4-10(9-19)18-5-2-1-3-6-18/h8,10H,1-7,9H2,(H2,15,16,17). The minimum Gasteiger partial charge on any atom is -0.383 e. The van der Waals surface area contributed by atoms with E-state index in [1.807, 2.05) is 0 Å². The molecule has 1 unspecified atom stereocenters. The summed E-state index contributed by atoms with van der Waals surface area (Å²) in [6.45, 7) is 4.55. The topological polar surface area (TPSA) is 58.3 Å². The first-order valence-corrected chi connectivity index (χ1v) is 7.81. The van der Waals surface area contributed by atoms with Crippen LogP contribution in [0.15, 0.2) is 10.7 Å². The lowest BCUT2D eigenvalue weighted by Gasteiger charge is -2.32. The number of halogens is 1. The van der Waals surface area contributed by atoms with E-state index in [9.17, 15) is 0 Å². The Labute approximate surface area is 122 Å². The molecule has 0 bridgehead atoms. The molecule has 0 aliphatic carbocycles. The Morgan fingerprint density at radius 2 is 1.95 bits per heavy atom. The zero-order valence-corrected chi connectivity index (χ0v) is 12.6. The summed E-state index contributed by atoms with van der Waals surface area (Å²) in [5.41, 5.74) is 5.79. The summed E-state index contributed by atoms with van der Waals surface area (Å²) in [7, 11) is 0. The van der Waals surface area contributed by atoms with E-state index in [4.69, 9.17) is 5.73 Å². The van der Waals surface area contributed by atoms with E-state index in [1.54, 1.807) is 6.07 Å². The molecule has 19 heavy (non-hydrogen) atoms. The minimum atomic E-state index is 0.526. The average Bonchev–Trinajstić information content (AvgIpc) is 2.88. The Morgan fingerprint density at radius 3 is 2.68 bits per heavy atom. The van der Waals surface area contributed by atoms with Crippen LogP contribution in [-0.4, -0.2) is 47.1 Å². The lowest BCUT2D eigenvalue weighted by atomic mass is 10.1. The molecule has 5 nitrogen and oxygen atoms in total. The summed E-state index contributed by atoms with van der Waals surface area (Å²) >= 11 is 3.38. The van der Waals surface area contributed by atoms with E-state index in [-0.39, 0.29) is 0 Å². The van der Waals surface area contributed by atoms with Gasteiger partial charge in [0.1, 0.15) is 10.4 Å². The molecule has 2 saturated heterocycles. The molecular formula is C13H20BrN5. The molecule has 104 valence electrons. The van der Waals surface area contributed by atoms with Crippen LogP contribution in [0.3, 0.4) is 0 Å². The third kappa shape index (κ3) is 3.00. The molecule has 0 radical (unpaired) electrons. The molecule has 3 rings (SSSR count). The number of aromatic nitrogens is 2. The third-order valence-electron chi connectivity index (χ3n) is 4.06. The summed E-state index contributed by atoms with van der Waals surface area (Å²) in [4.78, 5) is 13.6. The molecule has 6 heteroatoms. The Kier molecular flexibility index (Phi) is 3.88. The van der Waals surface area contributed by atoms with Crippen molar-refractivity contribution in [2.75, 3.05) is 36.8 Å². The molecule has 2 aliphatic heterocycles. The highest BCUT2D eigenvalue weighted by Gasteiger charge is 2.29. The van der Waals surface area contributed by atoms with E-state index in [2.05, 4.69) is 35.7 Å². The van der Waals surface area contributed by atoms with Gasteiger partial charge in [0, 0.05) is 25.2 Å². The molecule has 2 aliphatic rings. The number of hydrogen-bond acceptors (Lipinski definition) is 5. The van der Waals surface area contributed by atoms with Gasteiger partial charge in [-0.25, -0.2) is 4.98 Å². The SMILES string of the molecule is Nc1cc(Br)nc(N2CCC(N3CCCCC3)C2)n1. The number of rotatable bonds is 2. The summed E-state index contributed by atoms with van der Waals surface area (Å²) in [5.74, 6) is 1.28. The number of piperidine rings is 1. The molecule has 2 fully saturated rings. The van der Waals surface area contributed by atoms with Gasteiger partial charge in [0.25, 0.3) is 0 Å². The van der Waals surface area contributed by atoms with Gasteiger partial charge in [-0.3, -0.25) is 4.90 Å². The van der Waals surface area contributed by atoms with E-state index >= 15 is 0 Å². The van der Waals surface area contributed by atoms with Gasteiger partial charge in [0.15, 0.2) is 0 Å². The molecule has 0 amide bonds. The third-order valence-corrected chi connectivity index (χ3v) is 4.46. The second-order valence-corrected chi connectivity index (χ2v) is 6.21. The monoisotopic (exact) mass is 325 g/mol. The van der Waals surface area contributed by atoms with Crippen molar-refractivity contribution >= 4 is 27.7 Å². The van der Waals surface area contributed by atoms with Gasteiger partial charge in [-0.1, -0.05) is 6.42 Å². The fourth-order valence-corrected chi connectivity index (χ4v) is 3.46.